The Balaban J connectivity index is 0.00000484. The summed E-state index contributed by atoms with van der Waals surface area (Å²) in [6.07, 6.45) is 4.50. The third kappa shape index (κ3) is 10.0. The molecule has 2 N–H and O–H groups in total. The second kappa shape index (κ2) is 11.1. The van der Waals surface area contributed by atoms with Crippen molar-refractivity contribution >= 4 is 35.8 Å². The first kappa shape index (κ1) is 22.5. The normalized spacial score (nSPS) is 16.7. The van der Waals surface area contributed by atoms with E-state index in [-0.39, 0.29) is 36.4 Å². The van der Waals surface area contributed by atoms with Crippen LogP contribution < -0.4 is 10.6 Å². The number of hydrogen-bond acceptors (Lipinski definition) is 2. The highest BCUT2D eigenvalue weighted by Crippen LogP contribution is 2.21. The van der Waals surface area contributed by atoms with E-state index in [1.807, 2.05) is 11.8 Å². The number of carbonyl (C=O) groups excluding carboxylic acids is 1. The Morgan fingerprint density at radius 3 is 2.39 bits per heavy atom. The Kier molecular flexibility index (Phi) is 10.8. The summed E-state index contributed by atoms with van der Waals surface area (Å²) in [5.41, 5.74) is 0.344. The number of halogens is 1. The molecule has 1 heterocycles. The van der Waals surface area contributed by atoms with Crippen molar-refractivity contribution in [2.75, 3.05) is 26.2 Å². The van der Waals surface area contributed by atoms with Crippen molar-refractivity contribution in [2.45, 2.75) is 66.3 Å². The van der Waals surface area contributed by atoms with Gasteiger partial charge in [-0.1, -0.05) is 20.8 Å². The van der Waals surface area contributed by atoms with Crippen LogP contribution in [0.4, 0.5) is 0 Å². The number of aliphatic imine (C=N–C) groups is 1. The molecule has 5 nitrogen and oxygen atoms in total. The van der Waals surface area contributed by atoms with Gasteiger partial charge in [0.05, 0.1) is 0 Å². The highest BCUT2D eigenvalue weighted by Gasteiger charge is 2.18. The average molecular weight is 438 g/mol. The summed E-state index contributed by atoms with van der Waals surface area (Å²) in [6, 6.07) is 0.346. The van der Waals surface area contributed by atoms with E-state index in [9.17, 15) is 4.79 Å². The third-order valence-corrected chi connectivity index (χ3v) is 3.89. The maximum Gasteiger partial charge on any atom is 0.244 e. The van der Waals surface area contributed by atoms with Gasteiger partial charge in [-0.2, -0.15) is 0 Å². The Labute approximate surface area is 159 Å². The molecule has 1 amide bonds. The summed E-state index contributed by atoms with van der Waals surface area (Å²) in [4.78, 5) is 18.4. The molecular weight excluding hydrogens is 403 g/mol. The maximum absolute atomic E-state index is 12.1. The molecule has 136 valence electrons. The lowest BCUT2D eigenvalue weighted by Gasteiger charge is -2.23. The molecule has 6 heteroatoms. The number of nitrogens with one attached hydrogen (secondary N) is 2. The van der Waals surface area contributed by atoms with Crippen molar-refractivity contribution in [3.63, 3.8) is 0 Å². The molecule has 1 saturated heterocycles. The van der Waals surface area contributed by atoms with E-state index >= 15 is 0 Å². The second-order valence-corrected chi connectivity index (χ2v) is 7.43. The van der Waals surface area contributed by atoms with Crippen LogP contribution in [-0.4, -0.2) is 49.0 Å². The van der Waals surface area contributed by atoms with Crippen molar-refractivity contribution in [1.29, 1.82) is 0 Å². The Morgan fingerprint density at radius 1 is 1.26 bits per heavy atom. The predicted molar refractivity (Wildman–Crippen MR) is 108 cm³/mol. The average Bonchev–Trinajstić information content (AvgIpc) is 2.96. The molecule has 0 aromatic rings. The van der Waals surface area contributed by atoms with E-state index in [0.29, 0.717) is 11.5 Å². The number of carbonyl (C=O) groups is 1. The zero-order chi connectivity index (χ0) is 16.6. The van der Waals surface area contributed by atoms with Crippen LogP contribution in [0.2, 0.25) is 0 Å². The van der Waals surface area contributed by atoms with Crippen molar-refractivity contribution in [3.05, 3.63) is 0 Å². The summed E-state index contributed by atoms with van der Waals surface area (Å²) in [7, 11) is 0. The molecule has 0 aromatic carbocycles. The lowest BCUT2D eigenvalue weighted by Crippen LogP contribution is -2.43. The molecule has 0 radical (unpaired) electrons. The first-order chi connectivity index (χ1) is 10.3. The monoisotopic (exact) mass is 438 g/mol. The lowest BCUT2D eigenvalue weighted by molar-refractivity contribution is -0.128. The van der Waals surface area contributed by atoms with Gasteiger partial charge in [0.15, 0.2) is 5.96 Å². The largest absolute Gasteiger partial charge is 0.357 e. The van der Waals surface area contributed by atoms with E-state index in [2.05, 4.69) is 43.3 Å². The fourth-order valence-electron chi connectivity index (χ4n) is 2.49. The van der Waals surface area contributed by atoms with Gasteiger partial charge in [-0.15, -0.1) is 24.0 Å². The Hall–Kier alpha value is -0.530. The van der Waals surface area contributed by atoms with Gasteiger partial charge >= 0.3 is 0 Å². The van der Waals surface area contributed by atoms with Gasteiger partial charge in [-0.05, 0) is 44.9 Å². The van der Waals surface area contributed by atoms with Crippen LogP contribution in [0.3, 0.4) is 0 Å². The van der Waals surface area contributed by atoms with Crippen LogP contribution >= 0.6 is 24.0 Å². The predicted octanol–water partition coefficient (Wildman–Crippen LogP) is 3.00. The molecule has 1 aliphatic heterocycles. The van der Waals surface area contributed by atoms with Crippen molar-refractivity contribution in [3.8, 4) is 0 Å². The first-order valence-electron chi connectivity index (χ1n) is 8.64. The van der Waals surface area contributed by atoms with Gasteiger partial charge in [-0.25, -0.2) is 4.99 Å². The van der Waals surface area contributed by atoms with E-state index in [1.54, 1.807) is 0 Å². The number of nitrogens with zero attached hydrogens (tertiary/aromatic N) is 2. The SMILES string of the molecule is CCNC(=NCC(=O)N1CCCC1)NC(C)CCC(C)(C)C.I. The minimum absolute atomic E-state index is 0. The van der Waals surface area contributed by atoms with E-state index in [4.69, 9.17) is 0 Å². The molecule has 0 aliphatic carbocycles. The zero-order valence-electron chi connectivity index (χ0n) is 15.4. The third-order valence-electron chi connectivity index (χ3n) is 3.89. The van der Waals surface area contributed by atoms with Gasteiger partial charge in [0, 0.05) is 25.7 Å². The highest BCUT2D eigenvalue weighted by molar-refractivity contribution is 14.0. The van der Waals surface area contributed by atoms with Crippen LogP contribution in [0.15, 0.2) is 4.99 Å². The van der Waals surface area contributed by atoms with Gasteiger partial charge in [0.1, 0.15) is 6.54 Å². The van der Waals surface area contributed by atoms with Gasteiger partial charge < -0.3 is 15.5 Å². The van der Waals surface area contributed by atoms with Crippen LogP contribution in [0.1, 0.15) is 60.3 Å². The van der Waals surface area contributed by atoms with Crippen molar-refractivity contribution in [1.82, 2.24) is 15.5 Å². The maximum atomic E-state index is 12.1. The van der Waals surface area contributed by atoms with Crippen LogP contribution in [0.5, 0.6) is 0 Å². The summed E-state index contributed by atoms with van der Waals surface area (Å²) in [5.74, 6) is 0.883. The molecule has 1 fully saturated rings. The van der Waals surface area contributed by atoms with E-state index in [1.165, 1.54) is 0 Å². The molecular formula is C17H35IN4O. The molecule has 23 heavy (non-hydrogen) atoms. The lowest BCUT2D eigenvalue weighted by atomic mass is 9.89. The number of amides is 1. The Bertz CT molecular complexity index is 373. The van der Waals surface area contributed by atoms with Gasteiger partial charge in [-0.3, -0.25) is 4.79 Å². The molecule has 0 bridgehead atoms. The quantitative estimate of drug-likeness (QED) is 0.381. The number of likely N-dealkylation sites (tertiary alicyclic amines) is 1. The number of rotatable bonds is 6. The number of hydrogen-bond donors (Lipinski definition) is 2. The standard InChI is InChI=1S/C17H34N4O.HI/c1-6-18-16(20-14(2)9-10-17(3,4)5)19-13-15(22)21-11-7-8-12-21;/h14H,6-13H2,1-5H3,(H2,18,19,20);1H. The highest BCUT2D eigenvalue weighted by atomic mass is 127. The van der Waals surface area contributed by atoms with Crippen LogP contribution in [-0.2, 0) is 4.79 Å². The summed E-state index contributed by atoms with van der Waals surface area (Å²) < 4.78 is 0. The molecule has 0 saturated carbocycles. The fraction of sp³-hybridized carbons (Fsp3) is 0.882. The fourth-order valence-corrected chi connectivity index (χ4v) is 2.49. The minimum Gasteiger partial charge on any atom is -0.357 e. The second-order valence-electron chi connectivity index (χ2n) is 7.43. The molecule has 1 aliphatic rings. The minimum atomic E-state index is 0. The molecule has 0 spiro atoms. The van der Waals surface area contributed by atoms with E-state index < -0.39 is 0 Å². The summed E-state index contributed by atoms with van der Waals surface area (Å²) in [6.45, 7) is 13.8. The molecule has 1 atom stereocenters. The topological polar surface area (TPSA) is 56.7 Å². The molecule has 1 rings (SSSR count). The number of guanidine groups is 1. The van der Waals surface area contributed by atoms with Crippen LogP contribution in [0.25, 0.3) is 0 Å². The van der Waals surface area contributed by atoms with Gasteiger partial charge in [0.25, 0.3) is 0 Å². The molecule has 0 aromatic heterocycles. The smallest absolute Gasteiger partial charge is 0.244 e. The zero-order valence-corrected chi connectivity index (χ0v) is 17.8. The van der Waals surface area contributed by atoms with Crippen molar-refractivity contribution in [2.24, 2.45) is 10.4 Å². The summed E-state index contributed by atoms with van der Waals surface area (Å²) in [5, 5.41) is 6.63. The molecule has 1 unspecified atom stereocenters. The Morgan fingerprint density at radius 2 is 1.87 bits per heavy atom. The van der Waals surface area contributed by atoms with E-state index in [0.717, 1.165) is 51.3 Å². The van der Waals surface area contributed by atoms with Crippen molar-refractivity contribution < 1.29 is 4.79 Å². The first-order valence-corrected chi connectivity index (χ1v) is 8.64. The van der Waals surface area contributed by atoms with Crippen LogP contribution in [0, 0.1) is 5.41 Å². The summed E-state index contributed by atoms with van der Waals surface area (Å²) >= 11 is 0. The van der Waals surface area contributed by atoms with Gasteiger partial charge in [0.2, 0.25) is 5.91 Å².